The first kappa shape index (κ1) is 10.4. The van der Waals surface area contributed by atoms with Crippen molar-refractivity contribution < 1.29 is 0 Å². The molecule has 0 N–H and O–H groups in total. The molecule has 0 aliphatic heterocycles. The number of rotatable bonds is 2. The average molecular weight is 287 g/mol. The molecule has 0 bridgehead atoms. The highest BCUT2D eigenvalue weighted by Crippen LogP contribution is 2.08. The highest BCUT2D eigenvalue weighted by atomic mass is 79.9. The van der Waals surface area contributed by atoms with Crippen LogP contribution >= 0.6 is 27.5 Å². The summed E-state index contributed by atoms with van der Waals surface area (Å²) in [6.45, 7) is 2.24. The Morgan fingerprint density at radius 2 is 2.40 bits per heavy atom. The zero-order valence-corrected chi connectivity index (χ0v) is 10.2. The summed E-state index contributed by atoms with van der Waals surface area (Å²) < 4.78 is 5.75. The molecule has 2 heterocycles. The fourth-order valence-electron chi connectivity index (χ4n) is 1.08. The lowest BCUT2D eigenvalue weighted by atomic mass is 10.4. The van der Waals surface area contributed by atoms with Crippen LogP contribution in [0.15, 0.2) is 21.8 Å². The molecule has 0 aromatic carbocycles. The standard InChI is InChI=1S/C8H7BrN4OS/c1-5-7(9)8(14)13(4-10-5)3-6-2-11-12-15-6/h2,4H,3H2,1H3. The van der Waals surface area contributed by atoms with Gasteiger partial charge in [0.15, 0.2) is 0 Å². The van der Waals surface area contributed by atoms with Crippen molar-refractivity contribution in [3.8, 4) is 0 Å². The summed E-state index contributed by atoms with van der Waals surface area (Å²) in [5, 5.41) is 3.71. The Kier molecular flexibility index (Phi) is 2.92. The highest BCUT2D eigenvalue weighted by Gasteiger charge is 2.06. The lowest BCUT2D eigenvalue weighted by Crippen LogP contribution is -2.22. The monoisotopic (exact) mass is 286 g/mol. The fraction of sp³-hybridized carbons (Fsp3) is 0.250. The van der Waals surface area contributed by atoms with Crippen molar-refractivity contribution in [2.24, 2.45) is 0 Å². The molecule has 0 saturated heterocycles. The number of aryl methyl sites for hydroxylation is 1. The molecule has 2 aromatic heterocycles. The molecule has 15 heavy (non-hydrogen) atoms. The summed E-state index contributed by atoms with van der Waals surface area (Å²) in [6, 6.07) is 0. The van der Waals surface area contributed by atoms with Crippen molar-refractivity contribution in [1.82, 2.24) is 19.1 Å². The molecule has 0 unspecified atom stereocenters. The highest BCUT2D eigenvalue weighted by molar-refractivity contribution is 9.10. The Morgan fingerprint density at radius 1 is 1.60 bits per heavy atom. The van der Waals surface area contributed by atoms with Crippen molar-refractivity contribution in [3.05, 3.63) is 37.9 Å². The van der Waals surface area contributed by atoms with E-state index in [2.05, 4.69) is 30.5 Å². The van der Waals surface area contributed by atoms with Crippen LogP contribution in [0.25, 0.3) is 0 Å². The first-order chi connectivity index (χ1) is 7.18. The van der Waals surface area contributed by atoms with E-state index >= 15 is 0 Å². The third kappa shape index (κ3) is 2.13. The summed E-state index contributed by atoms with van der Waals surface area (Å²) in [5.41, 5.74) is 0.606. The summed E-state index contributed by atoms with van der Waals surface area (Å²) in [6.07, 6.45) is 3.17. The van der Waals surface area contributed by atoms with Gasteiger partial charge in [-0.3, -0.25) is 9.36 Å². The van der Waals surface area contributed by atoms with Gasteiger partial charge >= 0.3 is 0 Å². The van der Waals surface area contributed by atoms with Gasteiger partial charge in [-0.05, 0) is 34.4 Å². The van der Waals surface area contributed by atoms with Crippen molar-refractivity contribution in [2.75, 3.05) is 0 Å². The molecule has 0 atom stereocenters. The Balaban J connectivity index is 2.38. The minimum atomic E-state index is -0.0871. The molecular weight excluding hydrogens is 280 g/mol. The van der Waals surface area contributed by atoms with E-state index in [0.29, 0.717) is 16.7 Å². The molecule has 0 spiro atoms. The summed E-state index contributed by atoms with van der Waals surface area (Å²) in [7, 11) is 0. The minimum Gasteiger partial charge on any atom is -0.293 e. The molecule has 0 aliphatic carbocycles. The van der Waals surface area contributed by atoms with E-state index in [1.54, 1.807) is 13.1 Å². The lowest BCUT2D eigenvalue weighted by molar-refractivity contribution is 0.731. The van der Waals surface area contributed by atoms with Crippen LogP contribution in [0.4, 0.5) is 0 Å². The maximum Gasteiger partial charge on any atom is 0.268 e. The smallest absolute Gasteiger partial charge is 0.268 e. The maximum absolute atomic E-state index is 11.8. The molecule has 0 amide bonds. The van der Waals surface area contributed by atoms with E-state index in [4.69, 9.17) is 0 Å². The Bertz CT molecular complexity index is 522. The van der Waals surface area contributed by atoms with Gasteiger partial charge in [-0.25, -0.2) is 4.98 Å². The van der Waals surface area contributed by atoms with Crippen molar-refractivity contribution >= 4 is 27.5 Å². The third-order valence-corrected chi connectivity index (χ3v) is 3.45. The van der Waals surface area contributed by atoms with Crippen LogP contribution in [0, 0.1) is 6.92 Å². The van der Waals surface area contributed by atoms with E-state index < -0.39 is 0 Å². The number of hydrogen-bond acceptors (Lipinski definition) is 5. The largest absolute Gasteiger partial charge is 0.293 e. The zero-order chi connectivity index (χ0) is 10.8. The second-order valence-electron chi connectivity index (χ2n) is 2.96. The van der Waals surface area contributed by atoms with Gasteiger partial charge in [0, 0.05) is 0 Å². The molecule has 78 valence electrons. The van der Waals surface area contributed by atoms with Crippen molar-refractivity contribution in [3.63, 3.8) is 0 Å². The van der Waals surface area contributed by atoms with Gasteiger partial charge in [0.1, 0.15) is 4.47 Å². The molecule has 2 rings (SSSR count). The van der Waals surface area contributed by atoms with E-state index in [-0.39, 0.29) is 5.56 Å². The Labute approximate surface area is 98.1 Å². The van der Waals surface area contributed by atoms with Crippen LogP contribution in [-0.4, -0.2) is 19.1 Å². The van der Waals surface area contributed by atoms with Crippen LogP contribution in [0.2, 0.25) is 0 Å². The second-order valence-corrected chi connectivity index (χ2v) is 4.62. The fourth-order valence-corrected chi connectivity index (χ4v) is 1.90. The van der Waals surface area contributed by atoms with Crippen LogP contribution in [0.5, 0.6) is 0 Å². The quantitative estimate of drug-likeness (QED) is 0.833. The van der Waals surface area contributed by atoms with Gasteiger partial charge in [0.05, 0.1) is 29.6 Å². The minimum absolute atomic E-state index is 0.0871. The molecule has 0 fully saturated rings. The lowest BCUT2D eigenvalue weighted by Gasteiger charge is -2.04. The predicted molar refractivity (Wildman–Crippen MR) is 59.9 cm³/mol. The molecular formula is C8H7BrN4OS. The Morgan fingerprint density at radius 3 is 3.07 bits per heavy atom. The van der Waals surface area contributed by atoms with Gasteiger partial charge in [-0.15, -0.1) is 5.10 Å². The molecule has 0 radical (unpaired) electrons. The average Bonchev–Trinajstić information content (AvgIpc) is 2.72. The molecule has 0 saturated carbocycles. The molecule has 7 heteroatoms. The van der Waals surface area contributed by atoms with Gasteiger partial charge in [-0.1, -0.05) is 4.49 Å². The zero-order valence-electron chi connectivity index (χ0n) is 7.85. The van der Waals surface area contributed by atoms with Gasteiger partial charge < -0.3 is 0 Å². The number of halogens is 1. The van der Waals surface area contributed by atoms with Gasteiger partial charge in [0.25, 0.3) is 5.56 Å². The third-order valence-electron chi connectivity index (χ3n) is 1.89. The topological polar surface area (TPSA) is 60.7 Å². The normalized spacial score (nSPS) is 10.5. The van der Waals surface area contributed by atoms with Crippen LogP contribution in [0.1, 0.15) is 10.6 Å². The summed E-state index contributed by atoms with van der Waals surface area (Å²) in [4.78, 5) is 16.8. The molecule has 2 aromatic rings. The van der Waals surface area contributed by atoms with Crippen molar-refractivity contribution in [2.45, 2.75) is 13.5 Å². The number of nitrogens with zero attached hydrogens (tertiary/aromatic N) is 4. The molecule has 0 aliphatic rings. The summed E-state index contributed by atoms with van der Waals surface area (Å²) >= 11 is 4.48. The number of hydrogen-bond donors (Lipinski definition) is 0. The van der Waals surface area contributed by atoms with Crippen LogP contribution in [0.3, 0.4) is 0 Å². The van der Waals surface area contributed by atoms with Gasteiger partial charge in [0.2, 0.25) is 0 Å². The van der Waals surface area contributed by atoms with Gasteiger partial charge in [-0.2, -0.15) is 0 Å². The van der Waals surface area contributed by atoms with Crippen LogP contribution in [-0.2, 0) is 6.54 Å². The van der Waals surface area contributed by atoms with E-state index in [1.807, 2.05) is 0 Å². The second kappa shape index (κ2) is 4.19. The first-order valence-electron chi connectivity index (χ1n) is 4.16. The Hall–Kier alpha value is -1.08. The van der Waals surface area contributed by atoms with Crippen molar-refractivity contribution in [1.29, 1.82) is 0 Å². The first-order valence-corrected chi connectivity index (χ1v) is 5.73. The van der Waals surface area contributed by atoms with E-state index in [1.165, 1.54) is 22.4 Å². The van der Waals surface area contributed by atoms with E-state index in [9.17, 15) is 4.79 Å². The SMILES string of the molecule is Cc1ncn(Cc2cnns2)c(=O)c1Br. The van der Waals surface area contributed by atoms with Crippen LogP contribution < -0.4 is 5.56 Å². The maximum atomic E-state index is 11.8. The van der Waals surface area contributed by atoms with E-state index in [0.717, 1.165) is 4.88 Å². The predicted octanol–water partition coefficient (Wildman–Crippen LogP) is 1.21. The summed E-state index contributed by atoms with van der Waals surface area (Å²) in [5.74, 6) is 0. The molecule has 5 nitrogen and oxygen atoms in total. The number of aromatic nitrogens is 4.